The molecule has 0 fully saturated rings. The first kappa shape index (κ1) is 48.2. The molecule has 66 heavy (non-hydrogen) atoms. The third kappa shape index (κ3) is 11.7. The van der Waals surface area contributed by atoms with Crippen molar-refractivity contribution in [2.45, 2.75) is 95.9 Å². The number of nitrogens with zero attached hydrogens (tertiary/aromatic N) is 1. The highest BCUT2D eigenvalue weighted by Gasteiger charge is 2.31. The normalized spacial score (nSPS) is 13.3. The molecule has 0 saturated heterocycles. The maximum absolute atomic E-state index is 14.2. The van der Waals surface area contributed by atoms with Crippen LogP contribution in [0.4, 0.5) is 9.59 Å². The van der Waals surface area contributed by atoms with Crippen LogP contribution in [0.5, 0.6) is 0 Å². The Balaban J connectivity index is 1.15. The van der Waals surface area contributed by atoms with Crippen LogP contribution >= 0.6 is 0 Å². The molecule has 1 aliphatic rings. The highest BCUT2D eigenvalue weighted by atomic mass is 16.6. The number of hydrogen-bond donors (Lipinski definition) is 4. The Morgan fingerprint density at radius 1 is 0.742 bits per heavy atom. The van der Waals surface area contributed by atoms with E-state index >= 15 is 0 Å². The van der Waals surface area contributed by atoms with Gasteiger partial charge in [0, 0.05) is 36.6 Å². The minimum absolute atomic E-state index is 0.0342. The van der Waals surface area contributed by atoms with Crippen molar-refractivity contribution >= 4 is 57.7 Å². The van der Waals surface area contributed by atoms with Crippen molar-refractivity contribution in [3.8, 4) is 11.1 Å². The van der Waals surface area contributed by atoms with Crippen LogP contribution in [0.2, 0.25) is 0 Å². The zero-order valence-electron chi connectivity index (χ0n) is 38.2. The maximum Gasteiger partial charge on any atom is 0.419 e. The van der Waals surface area contributed by atoms with E-state index in [0.717, 1.165) is 38.6 Å². The van der Waals surface area contributed by atoms with Gasteiger partial charge >= 0.3 is 18.2 Å². The number of esters is 1. The third-order valence-corrected chi connectivity index (χ3v) is 11.4. The lowest BCUT2D eigenvalue weighted by Gasteiger charge is -2.25. The predicted octanol–water partition coefficient (Wildman–Crippen LogP) is 7.78. The molecule has 5 aromatic rings. The molecular weight excluding hydrogens is 839 g/mol. The number of unbranched alkanes of at least 4 members (excludes halogenated alkanes) is 1. The Morgan fingerprint density at radius 2 is 1.33 bits per heavy atom. The van der Waals surface area contributed by atoms with Gasteiger partial charge in [0.25, 0.3) is 0 Å². The summed E-state index contributed by atoms with van der Waals surface area (Å²) >= 11 is 0. The van der Waals surface area contributed by atoms with Crippen molar-refractivity contribution in [2.24, 2.45) is 0 Å². The summed E-state index contributed by atoms with van der Waals surface area (Å²) in [7, 11) is 1.21. The molecule has 0 saturated carbocycles. The van der Waals surface area contributed by atoms with Crippen LogP contribution in [0.1, 0.15) is 81.5 Å². The van der Waals surface area contributed by atoms with Crippen molar-refractivity contribution in [2.75, 3.05) is 20.3 Å². The van der Waals surface area contributed by atoms with Crippen LogP contribution in [0.3, 0.4) is 0 Å². The van der Waals surface area contributed by atoms with Gasteiger partial charge in [-0.2, -0.15) is 0 Å². The van der Waals surface area contributed by atoms with Crippen LogP contribution in [-0.4, -0.2) is 84.4 Å². The van der Waals surface area contributed by atoms with Crippen LogP contribution in [0, 0.1) is 0 Å². The lowest BCUT2D eigenvalue weighted by atomic mass is 9.98. The number of carbonyl (C=O) groups excluding carboxylic acids is 6. The molecule has 14 nitrogen and oxygen atoms in total. The van der Waals surface area contributed by atoms with Gasteiger partial charge in [-0.15, -0.1) is 13.2 Å². The van der Waals surface area contributed by atoms with Crippen LogP contribution < -0.4 is 21.3 Å². The van der Waals surface area contributed by atoms with E-state index in [4.69, 9.17) is 14.2 Å². The monoisotopic (exact) mass is 897 g/mol. The zero-order valence-corrected chi connectivity index (χ0v) is 38.2. The minimum Gasteiger partial charge on any atom is -0.467 e. The second-order valence-corrected chi connectivity index (χ2v) is 17.4. The minimum atomic E-state index is -1.14. The van der Waals surface area contributed by atoms with Gasteiger partial charge < -0.3 is 35.5 Å². The first-order chi connectivity index (χ1) is 31.6. The fourth-order valence-corrected chi connectivity index (χ4v) is 8.38. The SMILES string of the molecule is C=CCc1ccc2c(c1)c1cc(CC(NC(C)=O)C(=O)N[C@@H](CCCCNC(=O)OCC3c4ccccc4-c4ccccc43)C(=O)N[C@@H](CC=C)C(=O)OC)ccc1n2C(=O)OC(C)(C)C. The Morgan fingerprint density at radius 3 is 1.92 bits per heavy atom. The summed E-state index contributed by atoms with van der Waals surface area (Å²) in [6, 6.07) is 24.1. The Bertz CT molecular complexity index is 2600. The number of carbonyl (C=O) groups is 6. The summed E-state index contributed by atoms with van der Waals surface area (Å²) in [5, 5.41) is 12.5. The van der Waals surface area contributed by atoms with E-state index in [-0.39, 0.29) is 38.3 Å². The number of benzene rings is 4. The van der Waals surface area contributed by atoms with Gasteiger partial charge in [-0.25, -0.2) is 19.0 Å². The summed E-state index contributed by atoms with van der Waals surface area (Å²) in [6.45, 7) is 14.6. The van der Waals surface area contributed by atoms with E-state index in [1.54, 1.807) is 39.0 Å². The summed E-state index contributed by atoms with van der Waals surface area (Å²) in [5.74, 6) is -2.52. The van der Waals surface area contributed by atoms with Crippen LogP contribution in [0.15, 0.2) is 110 Å². The molecule has 14 heteroatoms. The van der Waals surface area contributed by atoms with Crippen molar-refractivity contribution < 1.29 is 43.0 Å². The van der Waals surface area contributed by atoms with E-state index in [9.17, 15) is 28.8 Å². The Labute approximate surface area is 385 Å². The van der Waals surface area contributed by atoms with Crippen LogP contribution in [-0.2, 0) is 46.2 Å². The summed E-state index contributed by atoms with van der Waals surface area (Å²) in [4.78, 5) is 79.6. The number of fused-ring (bicyclic) bond motifs is 6. The van der Waals surface area contributed by atoms with Gasteiger partial charge in [0.15, 0.2) is 0 Å². The molecule has 1 aliphatic carbocycles. The lowest BCUT2D eigenvalue weighted by molar-refractivity contribution is -0.145. The number of allylic oxidation sites excluding steroid dienone is 1. The number of methoxy groups -OCH3 is 1. The number of nitrogens with one attached hydrogen (secondary N) is 4. The largest absolute Gasteiger partial charge is 0.467 e. The second kappa shape index (κ2) is 21.6. The van der Waals surface area contributed by atoms with E-state index in [1.165, 1.54) is 24.7 Å². The van der Waals surface area contributed by atoms with Gasteiger partial charge in [0.1, 0.15) is 30.3 Å². The number of amides is 4. The summed E-state index contributed by atoms with van der Waals surface area (Å²) in [6.07, 6.45) is 3.81. The molecule has 1 unspecified atom stereocenters. The molecule has 1 heterocycles. The molecule has 4 N–H and O–H groups in total. The van der Waals surface area contributed by atoms with Gasteiger partial charge in [-0.1, -0.05) is 72.8 Å². The molecule has 6 rings (SSSR count). The van der Waals surface area contributed by atoms with Gasteiger partial charge in [0.05, 0.1) is 18.1 Å². The summed E-state index contributed by atoms with van der Waals surface area (Å²) < 4.78 is 17.9. The molecule has 0 aliphatic heterocycles. The highest BCUT2D eigenvalue weighted by Crippen LogP contribution is 2.44. The number of ether oxygens (including phenoxy) is 3. The molecule has 0 bridgehead atoms. The van der Waals surface area contributed by atoms with Gasteiger partial charge in [0.2, 0.25) is 17.7 Å². The third-order valence-electron chi connectivity index (χ3n) is 11.4. The number of alkyl carbamates (subject to hydrolysis) is 1. The van der Waals surface area contributed by atoms with E-state index in [1.807, 2.05) is 60.7 Å². The standard InChI is InChI=1S/C52H59N5O9/c1-8-16-33-23-25-45-39(28-33)40-29-34(24-26-46(40)57(45)51(63)66-52(4,5)6)30-44(54-32(3)58)48(60)55-42(47(59)56-43(17-9-2)49(61)64-7)22-14-15-27-53-50(62)65-31-41-37-20-12-10-18-35(37)36-19-11-13-21-38(36)41/h8-13,18-21,23-26,28-29,41-44H,1-2,14-17,22,27,30-31H2,3-7H3,(H,53,62)(H,54,58)(H,55,60)(H,56,59)/t42-,43-,44?/m0/s1. The molecule has 1 aromatic heterocycles. The molecule has 346 valence electrons. The predicted molar refractivity (Wildman–Crippen MR) is 254 cm³/mol. The smallest absolute Gasteiger partial charge is 0.419 e. The number of aromatic nitrogens is 1. The van der Waals surface area contributed by atoms with Crippen molar-refractivity contribution in [3.63, 3.8) is 0 Å². The molecule has 0 radical (unpaired) electrons. The number of rotatable bonds is 19. The Kier molecular flexibility index (Phi) is 15.8. The molecule has 3 atom stereocenters. The van der Waals surface area contributed by atoms with Gasteiger partial charge in [-0.05, 0) is 111 Å². The second-order valence-electron chi connectivity index (χ2n) is 17.4. The highest BCUT2D eigenvalue weighted by molar-refractivity contribution is 6.13. The fraction of sp³-hybridized carbons (Fsp3) is 0.346. The molecule has 4 aromatic carbocycles. The average molecular weight is 898 g/mol. The Hall–Kier alpha value is -7.22. The maximum atomic E-state index is 14.2. The molecule has 0 spiro atoms. The summed E-state index contributed by atoms with van der Waals surface area (Å²) in [5.41, 5.74) is 6.61. The van der Waals surface area contributed by atoms with Crippen LogP contribution in [0.25, 0.3) is 32.9 Å². The van der Waals surface area contributed by atoms with Crippen molar-refractivity contribution in [3.05, 3.63) is 132 Å². The fourth-order valence-electron chi connectivity index (χ4n) is 8.38. The van der Waals surface area contributed by atoms with E-state index in [2.05, 4.69) is 46.6 Å². The number of hydrogen-bond acceptors (Lipinski definition) is 9. The average Bonchev–Trinajstić information content (AvgIpc) is 3.78. The first-order valence-electron chi connectivity index (χ1n) is 22.2. The molecule has 4 amide bonds. The quantitative estimate of drug-likeness (QED) is 0.0278. The van der Waals surface area contributed by atoms with E-state index in [0.29, 0.717) is 35.9 Å². The van der Waals surface area contributed by atoms with Crippen molar-refractivity contribution in [1.82, 2.24) is 25.8 Å². The first-order valence-corrected chi connectivity index (χ1v) is 22.2. The van der Waals surface area contributed by atoms with E-state index < -0.39 is 59.6 Å². The van der Waals surface area contributed by atoms with Gasteiger partial charge in [-0.3, -0.25) is 14.4 Å². The van der Waals surface area contributed by atoms with Crippen molar-refractivity contribution in [1.29, 1.82) is 0 Å². The molecular formula is C52H59N5O9. The zero-order chi connectivity index (χ0) is 47.5. The topological polar surface area (TPSA) is 183 Å². The lowest BCUT2D eigenvalue weighted by Crippen LogP contribution is -2.56.